The molecule has 0 radical (unpaired) electrons. The van der Waals surface area contributed by atoms with E-state index >= 15 is 0 Å². The lowest BCUT2D eigenvalue weighted by Gasteiger charge is -2.09. The zero-order chi connectivity index (χ0) is 16.4. The van der Waals surface area contributed by atoms with Crippen molar-refractivity contribution in [2.45, 2.75) is 0 Å². The summed E-state index contributed by atoms with van der Waals surface area (Å²) in [6.07, 6.45) is 4.96. The monoisotopic (exact) mass is 317 g/mol. The molecular weight excluding hydrogens is 308 g/mol. The van der Waals surface area contributed by atoms with Gasteiger partial charge in [0.15, 0.2) is 5.82 Å². The Kier molecular flexibility index (Phi) is 3.63. The molecule has 0 saturated carbocycles. The summed E-state index contributed by atoms with van der Waals surface area (Å²) in [5.41, 5.74) is 5.19. The van der Waals surface area contributed by atoms with E-state index < -0.39 is 17.5 Å². The lowest BCUT2D eigenvalue weighted by Crippen LogP contribution is -2.15. The predicted octanol–water partition coefficient (Wildman–Crippen LogP) is 1.18. The van der Waals surface area contributed by atoms with Crippen molar-refractivity contribution in [1.82, 2.24) is 25.0 Å². The van der Waals surface area contributed by atoms with E-state index in [2.05, 4.69) is 25.5 Å². The molecule has 3 heterocycles. The predicted molar refractivity (Wildman–Crippen MR) is 75.1 cm³/mol. The van der Waals surface area contributed by atoms with Gasteiger partial charge >= 0.3 is 0 Å². The summed E-state index contributed by atoms with van der Waals surface area (Å²) in [5.74, 6) is -2.39. The fourth-order valence-corrected chi connectivity index (χ4v) is 1.83. The van der Waals surface area contributed by atoms with Crippen LogP contribution in [-0.2, 0) is 0 Å². The largest absolute Gasteiger partial charge is 0.365 e. The first-order valence-corrected chi connectivity index (χ1v) is 6.29. The van der Waals surface area contributed by atoms with Crippen LogP contribution >= 0.6 is 0 Å². The molecule has 0 fully saturated rings. The second-order valence-electron chi connectivity index (χ2n) is 4.39. The summed E-state index contributed by atoms with van der Waals surface area (Å²) in [6.45, 7) is 0. The maximum Gasteiger partial charge on any atom is 0.252 e. The van der Waals surface area contributed by atoms with Crippen LogP contribution in [0.3, 0.4) is 0 Å². The van der Waals surface area contributed by atoms with Crippen molar-refractivity contribution in [1.29, 1.82) is 0 Å². The number of hydrogen-bond acceptors (Lipinski definition) is 6. The highest BCUT2D eigenvalue weighted by Gasteiger charge is 2.14. The van der Waals surface area contributed by atoms with E-state index in [1.165, 1.54) is 18.6 Å². The molecular formula is C13H9F2N7O. The van der Waals surface area contributed by atoms with Gasteiger partial charge < -0.3 is 11.1 Å². The number of primary amides is 1. The van der Waals surface area contributed by atoms with Gasteiger partial charge in [-0.2, -0.15) is 10.2 Å². The summed E-state index contributed by atoms with van der Waals surface area (Å²) in [6, 6.07) is 2.05. The topological polar surface area (TPSA) is 112 Å². The summed E-state index contributed by atoms with van der Waals surface area (Å²) in [5, 5.41) is 10.2. The molecule has 0 aliphatic heterocycles. The first kappa shape index (κ1) is 14.5. The third-order valence-corrected chi connectivity index (χ3v) is 2.81. The van der Waals surface area contributed by atoms with Crippen LogP contribution in [0.1, 0.15) is 10.4 Å². The molecule has 0 spiro atoms. The first-order chi connectivity index (χ1) is 11.0. The maximum absolute atomic E-state index is 14.1. The lowest BCUT2D eigenvalue weighted by molar-refractivity contribution is 0.100. The molecule has 3 N–H and O–H groups in total. The number of anilines is 2. The number of rotatable bonds is 4. The molecule has 0 aromatic carbocycles. The number of hydrogen-bond donors (Lipinski definition) is 2. The SMILES string of the molecule is NC(=O)c1cc(F)cnc1Nc1cnc(-n2nccn2)c(F)c1. The van der Waals surface area contributed by atoms with Gasteiger partial charge in [-0.05, 0) is 6.07 Å². The highest BCUT2D eigenvalue weighted by molar-refractivity contribution is 5.98. The molecule has 3 rings (SSSR count). The molecule has 0 atom stereocenters. The van der Waals surface area contributed by atoms with E-state index in [1.54, 1.807) is 0 Å². The van der Waals surface area contributed by atoms with Gasteiger partial charge in [-0.15, -0.1) is 4.80 Å². The Bertz CT molecular complexity index is 867. The average molecular weight is 317 g/mol. The van der Waals surface area contributed by atoms with Crippen molar-refractivity contribution in [2.24, 2.45) is 5.73 Å². The van der Waals surface area contributed by atoms with E-state index in [9.17, 15) is 13.6 Å². The summed E-state index contributed by atoms with van der Waals surface area (Å²) in [7, 11) is 0. The molecule has 8 nitrogen and oxygen atoms in total. The molecule has 1 amide bonds. The van der Waals surface area contributed by atoms with Crippen LogP contribution in [-0.4, -0.2) is 30.9 Å². The minimum absolute atomic E-state index is 0.00920. The highest BCUT2D eigenvalue weighted by Crippen LogP contribution is 2.20. The van der Waals surface area contributed by atoms with Gasteiger partial charge in [0.1, 0.15) is 11.6 Å². The van der Waals surface area contributed by atoms with Crippen molar-refractivity contribution in [3.63, 3.8) is 0 Å². The minimum atomic E-state index is -0.870. The Morgan fingerprint density at radius 2 is 1.87 bits per heavy atom. The van der Waals surface area contributed by atoms with Gasteiger partial charge in [0, 0.05) is 6.07 Å². The fourth-order valence-electron chi connectivity index (χ4n) is 1.83. The molecule has 0 bridgehead atoms. The first-order valence-electron chi connectivity index (χ1n) is 6.29. The fraction of sp³-hybridized carbons (Fsp3) is 0. The number of nitrogens with zero attached hydrogens (tertiary/aromatic N) is 5. The van der Waals surface area contributed by atoms with E-state index in [0.29, 0.717) is 0 Å². The van der Waals surface area contributed by atoms with Crippen LogP contribution in [0.15, 0.2) is 36.9 Å². The van der Waals surface area contributed by atoms with Gasteiger partial charge in [0.2, 0.25) is 5.82 Å². The van der Waals surface area contributed by atoms with Crippen molar-refractivity contribution in [3.8, 4) is 5.82 Å². The van der Waals surface area contributed by atoms with Crippen molar-refractivity contribution in [3.05, 3.63) is 54.1 Å². The molecule has 0 saturated heterocycles. The van der Waals surface area contributed by atoms with Crippen LogP contribution in [0.4, 0.5) is 20.3 Å². The quantitative estimate of drug-likeness (QED) is 0.747. The standard InChI is InChI=1S/C13H9F2N7O/c14-7-3-9(11(16)23)12(17-5-7)21-8-4-10(15)13(18-6-8)22-19-1-2-20-22/h1-6H,(H2,16,23)(H,17,21). The van der Waals surface area contributed by atoms with Crippen molar-refractivity contribution in [2.75, 3.05) is 5.32 Å². The van der Waals surface area contributed by atoms with E-state index in [1.807, 2.05) is 0 Å². The Morgan fingerprint density at radius 3 is 2.52 bits per heavy atom. The highest BCUT2D eigenvalue weighted by atomic mass is 19.1. The van der Waals surface area contributed by atoms with Gasteiger partial charge in [0.05, 0.1) is 36.0 Å². The number of aromatic nitrogens is 5. The molecule has 116 valence electrons. The molecule has 3 aromatic rings. The molecule has 3 aromatic heterocycles. The summed E-state index contributed by atoms with van der Waals surface area (Å²) < 4.78 is 27.2. The van der Waals surface area contributed by atoms with Crippen LogP contribution < -0.4 is 11.1 Å². The zero-order valence-electron chi connectivity index (χ0n) is 11.4. The van der Waals surface area contributed by atoms with E-state index in [-0.39, 0.29) is 22.9 Å². The number of pyridine rings is 2. The van der Waals surface area contributed by atoms with Gasteiger partial charge in [-0.3, -0.25) is 4.79 Å². The lowest BCUT2D eigenvalue weighted by atomic mass is 10.2. The Balaban J connectivity index is 1.93. The molecule has 23 heavy (non-hydrogen) atoms. The number of carbonyl (C=O) groups excluding carboxylic acids is 1. The smallest absolute Gasteiger partial charge is 0.252 e. The minimum Gasteiger partial charge on any atom is -0.365 e. The number of amides is 1. The van der Waals surface area contributed by atoms with Crippen molar-refractivity contribution >= 4 is 17.4 Å². The van der Waals surface area contributed by atoms with Crippen LogP contribution in [0, 0.1) is 11.6 Å². The molecule has 10 heteroatoms. The second kappa shape index (κ2) is 5.75. The van der Waals surface area contributed by atoms with Crippen LogP contribution in [0.25, 0.3) is 5.82 Å². The van der Waals surface area contributed by atoms with Gasteiger partial charge in [-0.25, -0.2) is 18.7 Å². The van der Waals surface area contributed by atoms with Crippen LogP contribution in [0.5, 0.6) is 0 Å². The normalized spacial score (nSPS) is 10.5. The van der Waals surface area contributed by atoms with Crippen LogP contribution in [0.2, 0.25) is 0 Å². The molecule has 0 unspecified atom stereocenters. The second-order valence-corrected chi connectivity index (χ2v) is 4.39. The molecule has 0 aliphatic carbocycles. The van der Waals surface area contributed by atoms with Crippen molar-refractivity contribution < 1.29 is 13.6 Å². The van der Waals surface area contributed by atoms with Gasteiger partial charge in [-0.1, -0.05) is 0 Å². The van der Waals surface area contributed by atoms with Gasteiger partial charge in [0.25, 0.3) is 5.91 Å². The number of nitrogens with two attached hydrogens (primary N) is 1. The number of carbonyl (C=O) groups is 1. The summed E-state index contributed by atoms with van der Waals surface area (Å²) >= 11 is 0. The maximum atomic E-state index is 14.1. The Morgan fingerprint density at radius 1 is 1.13 bits per heavy atom. The number of halogens is 2. The number of nitrogens with one attached hydrogen (secondary N) is 1. The average Bonchev–Trinajstić information content (AvgIpc) is 3.03. The Labute approximate surface area is 128 Å². The molecule has 0 aliphatic rings. The zero-order valence-corrected chi connectivity index (χ0v) is 11.4. The Hall–Kier alpha value is -3.43. The summed E-state index contributed by atoms with van der Waals surface area (Å²) in [4.78, 5) is 19.9. The van der Waals surface area contributed by atoms with E-state index in [0.717, 1.165) is 23.1 Å². The van der Waals surface area contributed by atoms with E-state index in [4.69, 9.17) is 5.73 Å². The third kappa shape index (κ3) is 2.95. The third-order valence-electron chi connectivity index (χ3n) is 2.81.